The van der Waals surface area contributed by atoms with Crippen molar-refractivity contribution in [3.8, 4) is 5.75 Å². The van der Waals surface area contributed by atoms with Gasteiger partial charge < -0.3 is 9.84 Å². The van der Waals surface area contributed by atoms with Crippen LogP contribution < -0.4 is 9.04 Å². The number of rotatable bonds is 8. The van der Waals surface area contributed by atoms with E-state index < -0.39 is 33.8 Å². The van der Waals surface area contributed by atoms with Gasteiger partial charge in [0.05, 0.1) is 21.7 Å². The summed E-state index contributed by atoms with van der Waals surface area (Å²) in [6.45, 7) is 4.66. The molecule has 3 aromatic carbocycles. The number of alkyl halides is 3. The van der Waals surface area contributed by atoms with Gasteiger partial charge in [0.25, 0.3) is 10.0 Å². The van der Waals surface area contributed by atoms with E-state index >= 15 is 0 Å². The minimum absolute atomic E-state index is 0.0313. The van der Waals surface area contributed by atoms with Crippen LogP contribution in [-0.2, 0) is 22.8 Å². The fourth-order valence-electron chi connectivity index (χ4n) is 3.53. The molecular formula is C25H24F3NO5S. The molecule has 0 amide bonds. The van der Waals surface area contributed by atoms with Gasteiger partial charge in [-0.2, -0.15) is 13.2 Å². The molecule has 0 unspecified atom stereocenters. The second-order valence-electron chi connectivity index (χ2n) is 8.13. The van der Waals surface area contributed by atoms with Gasteiger partial charge in [0.15, 0.2) is 0 Å². The molecule has 0 bridgehead atoms. The molecule has 3 aromatic rings. The number of anilines is 1. The monoisotopic (exact) mass is 507 g/mol. The Labute approximate surface area is 201 Å². The first kappa shape index (κ1) is 26.1. The Morgan fingerprint density at radius 1 is 1.03 bits per heavy atom. The van der Waals surface area contributed by atoms with Crippen molar-refractivity contribution in [2.45, 2.75) is 44.5 Å². The van der Waals surface area contributed by atoms with E-state index in [1.165, 1.54) is 30.3 Å². The predicted octanol–water partition coefficient (Wildman–Crippen LogP) is 5.89. The summed E-state index contributed by atoms with van der Waals surface area (Å²) >= 11 is 0. The summed E-state index contributed by atoms with van der Waals surface area (Å²) < 4.78 is 74.3. The molecule has 0 aliphatic heterocycles. The topological polar surface area (TPSA) is 83.9 Å². The molecule has 0 fully saturated rings. The van der Waals surface area contributed by atoms with E-state index in [4.69, 9.17) is 9.84 Å². The van der Waals surface area contributed by atoms with Crippen LogP contribution in [0, 0.1) is 6.92 Å². The van der Waals surface area contributed by atoms with E-state index in [0.29, 0.717) is 11.1 Å². The number of hydrogen-bond acceptors (Lipinski definition) is 4. The fourth-order valence-corrected chi connectivity index (χ4v) is 5.43. The molecule has 0 aromatic heterocycles. The minimum atomic E-state index is -4.67. The lowest BCUT2D eigenvalue weighted by Crippen LogP contribution is -2.37. The summed E-state index contributed by atoms with van der Waals surface area (Å²) in [7, 11) is -4.15. The molecule has 10 heteroatoms. The summed E-state index contributed by atoms with van der Waals surface area (Å²) in [4.78, 5) is 11.1. The molecule has 0 spiro atoms. The van der Waals surface area contributed by atoms with Crippen LogP contribution >= 0.6 is 0 Å². The highest BCUT2D eigenvalue weighted by atomic mass is 32.2. The molecule has 0 radical (unpaired) electrons. The number of benzene rings is 3. The second-order valence-corrected chi connectivity index (χ2v) is 9.91. The van der Waals surface area contributed by atoms with Gasteiger partial charge in [0.2, 0.25) is 0 Å². The number of carboxylic acids is 1. The zero-order valence-corrected chi connectivity index (χ0v) is 20.0. The molecule has 1 N–H and O–H groups in total. The van der Waals surface area contributed by atoms with E-state index in [9.17, 15) is 26.4 Å². The quantitative estimate of drug-likeness (QED) is 0.411. The molecule has 186 valence electrons. The van der Waals surface area contributed by atoms with Gasteiger partial charge >= 0.3 is 12.1 Å². The number of carbonyl (C=O) groups is 1. The van der Waals surface area contributed by atoms with E-state index in [1.54, 1.807) is 39.0 Å². The summed E-state index contributed by atoms with van der Waals surface area (Å²) in [6.07, 6.45) is -4.67. The van der Waals surface area contributed by atoms with Crippen LogP contribution in [0.3, 0.4) is 0 Å². The standard InChI is InChI=1S/C25H24F3NO5S/c1-16(2)29(35(32,33)23-7-5-4-6-17(23)3)21-13-12-20(25(26,27)28)14-22(21)34-15-18-8-10-19(11-9-18)24(30)31/h4-14,16H,15H2,1-3H3,(H,30,31). The van der Waals surface area contributed by atoms with Crippen LogP contribution in [-0.4, -0.2) is 25.5 Å². The average molecular weight is 508 g/mol. The van der Waals surface area contributed by atoms with Crippen molar-refractivity contribution >= 4 is 21.7 Å². The molecule has 0 aliphatic carbocycles. The Balaban J connectivity index is 2.08. The third kappa shape index (κ3) is 5.76. The summed E-state index contributed by atoms with van der Waals surface area (Å²) in [5.41, 5.74) is -0.000958. The molecule has 3 rings (SSSR count). The maximum absolute atomic E-state index is 13.6. The first-order chi connectivity index (χ1) is 16.3. The van der Waals surface area contributed by atoms with Crippen molar-refractivity contribution < 1.29 is 36.2 Å². The Bertz CT molecular complexity index is 1320. The molecule has 0 atom stereocenters. The number of ether oxygens (including phenoxy) is 1. The Morgan fingerprint density at radius 2 is 1.66 bits per heavy atom. The molecule has 6 nitrogen and oxygen atoms in total. The van der Waals surface area contributed by atoms with E-state index in [1.807, 2.05) is 0 Å². The van der Waals surface area contributed by atoms with Gasteiger partial charge in [-0.1, -0.05) is 30.3 Å². The Kier molecular flexibility index (Phi) is 7.44. The highest BCUT2D eigenvalue weighted by molar-refractivity contribution is 7.93. The minimum Gasteiger partial charge on any atom is -0.487 e. The van der Waals surface area contributed by atoms with Crippen LogP contribution in [0.2, 0.25) is 0 Å². The predicted molar refractivity (Wildman–Crippen MR) is 125 cm³/mol. The summed E-state index contributed by atoms with van der Waals surface area (Å²) in [6, 6.07) is 14.0. The van der Waals surface area contributed by atoms with Gasteiger partial charge in [-0.15, -0.1) is 0 Å². The Hall–Kier alpha value is -3.53. The van der Waals surface area contributed by atoms with E-state index in [0.717, 1.165) is 22.5 Å². The van der Waals surface area contributed by atoms with Crippen molar-refractivity contribution in [1.82, 2.24) is 0 Å². The van der Waals surface area contributed by atoms with Crippen molar-refractivity contribution in [2.75, 3.05) is 4.31 Å². The van der Waals surface area contributed by atoms with Gasteiger partial charge in [0, 0.05) is 6.04 Å². The van der Waals surface area contributed by atoms with Crippen molar-refractivity contribution in [1.29, 1.82) is 0 Å². The number of carboxylic acid groups (broad SMARTS) is 1. The SMILES string of the molecule is Cc1ccccc1S(=O)(=O)N(c1ccc(C(F)(F)F)cc1OCc1ccc(C(=O)O)cc1)C(C)C. The number of aromatic carboxylic acids is 1. The maximum Gasteiger partial charge on any atom is 0.416 e. The lowest BCUT2D eigenvalue weighted by Gasteiger charge is -2.30. The van der Waals surface area contributed by atoms with Crippen molar-refractivity contribution in [3.63, 3.8) is 0 Å². The maximum atomic E-state index is 13.6. The van der Waals surface area contributed by atoms with Crippen LogP contribution in [0.1, 0.15) is 40.9 Å². The van der Waals surface area contributed by atoms with Crippen LogP contribution in [0.4, 0.5) is 18.9 Å². The van der Waals surface area contributed by atoms with Crippen molar-refractivity contribution in [3.05, 3.63) is 89.0 Å². The van der Waals surface area contributed by atoms with Gasteiger partial charge in [-0.3, -0.25) is 4.31 Å². The fraction of sp³-hybridized carbons (Fsp3) is 0.240. The highest BCUT2D eigenvalue weighted by Gasteiger charge is 2.35. The molecule has 35 heavy (non-hydrogen) atoms. The van der Waals surface area contributed by atoms with E-state index in [2.05, 4.69) is 0 Å². The summed E-state index contributed by atoms with van der Waals surface area (Å²) in [5, 5.41) is 9.03. The van der Waals surface area contributed by atoms with Gasteiger partial charge in [0.1, 0.15) is 12.4 Å². The summed E-state index contributed by atoms with van der Waals surface area (Å²) in [5.74, 6) is -1.39. The molecule has 0 saturated heterocycles. The van der Waals surface area contributed by atoms with Crippen LogP contribution in [0.5, 0.6) is 5.75 Å². The molecular weight excluding hydrogens is 483 g/mol. The third-order valence-electron chi connectivity index (χ3n) is 5.22. The first-order valence-corrected chi connectivity index (χ1v) is 12.0. The second kappa shape index (κ2) is 9.99. The lowest BCUT2D eigenvalue weighted by atomic mass is 10.1. The molecule has 0 heterocycles. The highest BCUT2D eigenvalue weighted by Crippen LogP contribution is 2.40. The number of nitrogens with zero attached hydrogens (tertiary/aromatic N) is 1. The van der Waals surface area contributed by atoms with E-state index in [-0.39, 0.29) is 28.5 Å². The smallest absolute Gasteiger partial charge is 0.416 e. The number of sulfonamides is 1. The number of halogens is 3. The first-order valence-electron chi connectivity index (χ1n) is 10.6. The van der Waals surface area contributed by atoms with Crippen molar-refractivity contribution in [2.24, 2.45) is 0 Å². The van der Waals surface area contributed by atoms with Crippen LogP contribution in [0.25, 0.3) is 0 Å². The van der Waals surface area contributed by atoms with Gasteiger partial charge in [-0.05, 0) is 68.3 Å². The largest absolute Gasteiger partial charge is 0.487 e. The Morgan fingerprint density at radius 3 is 2.20 bits per heavy atom. The normalized spacial score (nSPS) is 12.0. The zero-order valence-electron chi connectivity index (χ0n) is 19.2. The van der Waals surface area contributed by atoms with Gasteiger partial charge in [-0.25, -0.2) is 13.2 Å². The third-order valence-corrected chi connectivity index (χ3v) is 7.37. The lowest BCUT2D eigenvalue weighted by molar-refractivity contribution is -0.137. The van der Waals surface area contributed by atoms with Crippen LogP contribution in [0.15, 0.2) is 71.6 Å². The number of hydrogen-bond donors (Lipinski definition) is 1. The average Bonchev–Trinajstić information content (AvgIpc) is 2.77. The molecule has 0 saturated carbocycles. The number of aryl methyl sites for hydroxylation is 1. The molecule has 0 aliphatic rings. The zero-order chi connectivity index (χ0) is 26.0.